The summed E-state index contributed by atoms with van der Waals surface area (Å²) in [6, 6.07) is 32.7. The minimum atomic E-state index is -0.417. The van der Waals surface area contributed by atoms with Gasteiger partial charge in [-0.3, -0.25) is 29.9 Å². The van der Waals surface area contributed by atoms with Crippen LogP contribution in [0, 0.1) is 23.8 Å². The van der Waals surface area contributed by atoms with Crippen LogP contribution in [0.5, 0.6) is 17.2 Å². The Kier molecular flexibility index (Phi) is 11.9. The Balaban J connectivity index is 0.000000164. The van der Waals surface area contributed by atoms with Gasteiger partial charge in [-0.25, -0.2) is 0 Å². The molecule has 3 N–H and O–H groups in total. The van der Waals surface area contributed by atoms with Gasteiger partial charge in [-0.2, -0.15) is 0 Å². The number of phenolic OH excluding ortho intramolecular Hbond substituents is 1. The maximum Gasteiger partial charge on any atom is 0.269 e. The molecule has 4 aliphatic heterocycles. The highest BCUT2D eigenvalue weighted by molar-refractivity contribution is 14.1. The van der Waals surface area contributed by atoms with Crippen LogP contribution >= 0.6 is 22.6 Å². The number of nitro groups is 2. The summed E-state index contributed by atoms with van der Waals surface area (Å²) in [6.07, 6.45) is 2.37. The minimum absolute atomic E-state index is 0.0174. The summed E-state index contributed by atoms with van der Waals surface area (Å²) < 4.78 is 13.5. The van der Waals surface area contributed by atoms with E-state index in [0.29, 0.717) is 15.9 Å². The Bertz CT molecular complexity index is 3040. The Morgan fingerprint density at radius 3 is 1.97 bits per heavy atom. The fourth-order valence-electron chi connectivity index (χ4n) is 9.71. The maximum atomic E-state index is 12.8. The highest BCUT2D eigenvalue weighted by Gasteiger charge is 2.40. The first-order valence-corrected chi connectivity index (χ1v) is 22.0. The fraction of sp³-hybridized carbons (Fsp3) is 0.220. The number of non-ortho nitro benzene ring substituents is 2. The monoisotopic (exact) mass is 986 g/mol. The highest BCUT2D eigenvalue weighted by Crippen LogP contribution is 2.49. The second-order valence-electron chi connectivity index (χ2n) is 16.3. The number of aliphatic hydroxyl groups is 2. The molecule has 2 atom stereocenters. The van der Waals surface area contributed by atoms with Gasteiger partial charge in [0.05, 0.1) is 52.6 Å². The molecule has 0 fully saturated rings. The number of nitrogens with zero attached hydrogens (tertiary/aromatic N) is 4. The zero-order valence-corrected chi connectivity index (χ0v) is 37.5. The lowest BCUT2D eigenvalue weighted by molar-refractivity contribution is -0.385. The second-order valence-corrected chi connectivity index (χ2v) is 17.4. The van der Waals surface area contributed by atoms with Crippen molar-refractivity contribution in [3.05, 3.63) is 188 Å². The zero-order chi connectivity index (χ0) is 45.7. The van der Waals surface area contributed by atoms with E-state index in [-0.39, 0.29) is 53.6 Å². The summed E-state index contributed by atoms with van der Waals surface area (Å²) >= 11 is 2.06. The van der Waals surface area contributed by atoms with Crippen molar-refractivity contribution in [3.8, 4) is 50.9 Å². The van der Waals surface area contributed by atoms with E-state index in [1.54, 1.807) is 36.4 Å². The van der Waals surface area contributed by atoms with Crippen molar-refractivity contribution in [2.24, 2.45) is 0 Å². The lowest BCUT2D eigenvalue weighted by Crippen LogP contribution is -2.43. The Labute approximate surface area is 386 Å². The molecule has 330 valence electrons. The molecule has 5 aliphatic rings. The van der Waals surface area contributed by atoms with Crippen LogP contribution < -0.4 is 14.9 Å². The summed E-state index contributed by atoms with van der Waals surface area (Å²) in [5.41, 5.74) is 13.7. The number of fused-ring (bicyclic) bond motifs is 8. The van der Waals surface area contributed by atoms with Gasteiger partial charge < -0.3 is 29.4 Å². The smallest absolute Gasteiger partial charge is 0.269 e. The fourth-order valence-corrected chi connectivity index (χ4v) is 10.4. The normalized spacial score (nSPS) is 15.9. The van der Waals surface area contributed by atoms with Gasteiger partial charge in [0.25, 0.3) is 11.4 Å². The van der Waals surface area contributed by atoms with Crippen LogP contribution in [0.1, 0.15) is 56.6 Å². The summed E-state index contributed by atoms with van der Waals surface area (Å²) in [6.45, 7) is 1.51. The van der Waals surface area contributed by atoms with Gasteiger partial charge in [-0.05, 0) is 128 Å². The molecule has 0 saturated heterocycles. The molecular formula is C50H43IN4O10. The van der Waals surface area contributed by atoms with Crippen molar-refractivity contribution in [2.75, 3.05) is 20.8 Å². The molecule has 10 rings (SSSR count). The van der Waals surface area contributed by atoms with Crippen LogP contribution in [-0.4, -0.2) is 55.4 Å². The van der Waals surface area contributed by atoms with Gasteiger partial charge in [0.2, 0.25) is 5.43 Å². The van der Waals surface area contributed by atoms with Crippen LogP contribution in [0.4, 0.5) is 11.4 Å². The van der Waals surface area contributed by atoms with Gasteiger partial charge in [-0.1, -0.05) is 48.5 Å². The number of hydrogen-bond donors (Lipinski definition) is 3. The predicted octanol–water partition coefficient (Wildman–Crippen LogP) is 8.90. The Hall–Kier alpha value is -6.66. The van der Waals surface area contributed by atoms with Crippen LogP contribution in [0.2, 0.25) is 0 Å². The van der Waals surface area contributed by atoms with Crippen LogP contribution in [0.15, 0.2) is 114 Å². The first-order valence-electron chi connectivity index (χ1n) is 21.0. The number of hydrogen-bond acceptors (Lipinski definition) is 11. The van der Waals surface area contributed by atoms with Gasteiger partial charge in [0.1, 0.15) is 0 Å². The molecule has 1 aliphatic carbocycles. The molecule has 15 heteroatoms. The number of nitro benzene ring substituents is 2. The third-order valence-electron chi connectivity index (χ3n) is 12.8. The summed E-state index contributed by atoms with van der Waals surface area (Å²) in [7, 11) is 3.01. The van der Waals surface area contributed by atoms with E-state index in [9.17, 15) is 40.3 Å². The van der Waals surface area contributed by atoms with Crippen molar-refractivity contribution in [1.82, 2.24) is 9.47 Å². The van der Waals surface area contributed by atoms with Gasteiger partial charge in [0.15, 0.2) is 17.2 Å². The molecule has 0 aromatic heterocycles. The SMILES string of the molecule is COc1cc2c(-c3ccc([N+](=O)[O-])cc3)n3c(cc-2c(I)c1=O)-c1ccc(CO)cc1CC3.COc1cc2c(cc1O)C[C@H]1c3ccc(CO)cc3CCN1C2c1ccc([N+](=O)[O-])cc1. The first-order chi connectivity index (χ1) is 31.4. The molecule has 4 heterocycles. The average molecular weight is 987 g/mol. The number of ether oxygens (including phenoxy) is 2. The number of halogens is 1. The van der Waals surface area contributed by atoms with Crippen molar-refractivity contribution in [1.29, 1.82) is 0 Å². The lowest BCUT2D eigenvalue weighted by Gasteiger charge is -2.47. The number of aromatic hydroxyl groups is 1. The Morgan fingerprint density at radius 2 is 1.32 bits per heavy atom. The molecule has 5 aromatic carbocycles. The molecule has 65 heavy (non-hydrogen) atoms. The molecule has 0 saturated carbocycles. The molecule has 14 nitrogen and oxygen atoms in total. The molecule has 0 bridgehead atoms. The number of aliphatic hydroxyl groups excluding tert-OH is 2. The molecule has 5 aromatic rings. The van der Waals surface area contributed by atoms with E-state index in [0.717, 1.165) is 92.8 Å². The third kappa shape index (κ3) is 7.87. The molecule has 0 radical (unpaired) electrons. The number of rotatable bonds is 8. The summed E-state index contributed by atoms with van der Waals surface area (Å²) in [5.74, 6) is 0.785. The van der Waals surface area contributed by atoms with Crippen molar-refractivity contribution in [2.45, 2.75) is 51.1 Å². The number of aromatic nitrogens is 1. The third-order valence-corrected chi connectivity index (χ3v) is 13.9. The van der Waals surface area contributed by atoms with Crippen LogP contribution in [0.25, 0.3) is 33.6 Å². The Morgan fingerprint density at radius 1 is 0.692 bits per heavy atom. The van der Waals surface area contributed by atoms with Gasteiger partial charge >= 0.3 is 0 Å². The second kappa shape index (κ2) is 17.7. The number of benzene rings is 6. The largest absolute Gasteiger partial charge is 0.504 e. The molecule has 0 amide bonds. The van der Waals surface area contributed by atoms with Crippen molar-refractivity contribution >= 4 is 34.0 Å². The standard InChI is InChI=1S/C25H19IN2O5.C25H24N2O5/c1-33-22-12-20-19(23(26)25(22)30)11-21-18-7-2-14(13-29)10-16(18)8-9-27(21)24(20)15-3-5-17(6-4-15)28(31)32;1-32-24-13-21-18(12-23(24)29)11-22-20-7-2-15(14-28)10-17(20)8-9-26(22)25(21)16-3-5-19(6-4-16)27(30)31/h2-7,10-12,29H,8-9,13H2,1H3;2-7,10,12-13,22,25,28-29H,8-9,11,14H2,1H3/t;22-,25?/m.0/s1. The van der Waals surface area contributed by atoms with E-state index in [2.05, 4.69) is 44.2 Å². The molecule has 1 unspecified atom stereocenters. The highest BCUT2D eigenvalue weighted by atomic mass is 127. The van der Waals surface area contributed by atoms with E-state index < -0.39 is 9.85 Å². The summed E-state index contributed by atoms with van der Waals surface area (Å²) in [5, 5.41) is 51.9. The van der Waals surface area contributed by atoms with E-state index >= 15 is 0 Å². The first kappa shape index (κ1) is 43.6. The average Bonchev–Trinajstić information content (AvgIpc) is 3.33. The van der Waals surface area contributed by atoms with E-state index in [1.165, 1.54) is 37.5 Å². The molecule has 0 spiro atoms. The number of pyridine rings is 1. The number of aryl methyl sites for hydroxylation is 1. The minimum Gasteiger partial charge on any atom is -0.504 e. The van der Waals surface area contributed by atoms with Crippen molar-refractivity contribution < 1.29 is 34.6 Å². The maximum absolute atomic E-state index is 12.8. The van der Waals surface area contributed by atoms with Crippen molar-refractivity contribution in [3.63, 3.8) is 0 Å². The van der Waals surface area contributed by atoms with Gasteiger partial charge in [-0.15, -0.1) is 0 Å². The lowest BCUT2D eigenvalue weighted by atomic mass is 9.78. The number of phenols is 1. The van der Waals surface area contributed by atoms with Crippen LogP contribution in [0.3, 0.4) is 0 Å². The van der Waals surface area contributed by atoms with Crippen LogP contribution in [-0.2, 0) is 39.0 Å². The quantitative estimate of drug-likeness (QED) is 0.0749. The molecular weight excluding hydrogens is 943 g/mol. The topological polar surface area (TPSA) is 191 Å². The van der Waals surface area contributed by atoms with Gasteiger partial charge in [0, 0.05) is 65.8 Å². The predicted molar refractivity (Wildman–Crippen MR) is 253 cm³/mol. The number of methoxy groups -OCH3 is 2. The zero-order valence-electron chi connectivity index (χ0n) is 35.4. The summed E-state index contributed by atoms with van der Waals surface area (Å²) in [4.78, 5) is 36.8. The van der Waals surface area contributed by atoms with E-state index in [4.69, 9.17) is 9.47 Å². The van der Waals surface area contributed by atoms with E-state index in [1.807, 2.05) is 48.5 Å².